The smallest absolute Gasteiger partial charge is 0.244 e. The van der Waals surface area contributed by atoms with Gasteiger partial charge in [-0.1, -0.05) is 13.8 Å². The largest absolute Gasteiger partial charge is 0.335 e. The molecular formula is C17H26N6O. The molecule has 1 aliphatic rings. The molecule has 7 nitrogen and oxygen atoms in total. The van der Waals surface area contributed by atoms with E-state index in [0.717, 1.165) is 30.0 Å². The van der Waals surface area contributed by atoms with Crippen LogP contribution < -0.4 is 5.32 Å². The number of hydrogen-bond donors (Lipinski definition) is 1. The van der Waals surface area contributed by atoms with E-state index in [1.54, 1.807) is 10.9 Å². The lowest BCUT2D eigenvalue weighted by molar-refractivity contribution is -0.134. The molecule has 1 amide bonds. The number of aryl methyl sites for hydroxylation is 1. The van der Waals surface area contributed by atoms with Crippen LogP contribution >= 0.6 is 0 Å². The van der Waals surface area contributed by atoms with Gasteiger partial charge in [-0.2, -0.15) is 5.10 Å². The number of nitrogens with zero attached hydrogens (tertiary/aromatic N) is 5. The summed E-state index contributed by atoms with van der Waals surface area (Å²) in [6.45, 7) is 5.60. The van der Waals surface area contributed by atoms with Crippen LogP contribution in [0.1, 0.15) is 48.6 Å². The second-order valence-corrected chi connectivity index (χ2v) is 6.76. The molecule has 1 N–H and O–H groups in total. The second kappa shape index (κ2) is 6.39. The highest BCUT2D eigenvalue weighted by Gasteiger charge is 2.30. The van der Waals surface area contributed by atoms with Gasteiger partial charge in [0.1, 0.15) is 11.9 Å². The molecule has 0 saturated carbocycles. The van der Waals surface area contributed by atoms with Crippen LogP contribution in [0.25, 0.3) is 0 Å². The summed E-state index contributed by atoms with van der Waals surface area (Å²) in [4.78, 5) is 19.6. The van der Waals surface area contributed by atoms with Gasteiger partial charge in [0.2, 0.25) is 5.91 Å². The predicted octanol–water partition coefficient (Wildman–Crippen LogP) is 1.12. The maximum atomic E-state index is 13.0. The van der Waals surface area contributed by atoms with Crippen LogP contribution in [-0.4, -0.2) is 43.7 Å². The van der Waals surface area contributed by atoms with E-state index in [0.29, 0.717) is 12.5 Å². The van der Waals surface area contributed by atoms with Crippen LogP contribution in [0.2, 0.25) is 0 Å². The van der Waals surface area contributed by atoms with E-state index in [1.807, 2.05) is 25.2 Å². The molecular weight excluding hydrogens is 304 g/mol. The molecule has 7 heteroatoms. The van der Waals surface area contributed by atoms with Crippen LogP contribution in [0.5, 0.6) is 0 Å². The fourth-order valence-corrected chi connectivity index (χ4v) is 3.46. The normalized spacial score (nSPS) is 15.7. The van der Waals surface area contributed by atoms with Crippen molar-refractivity contribution >= 4 is 5.91 Å². The quantitative estimate of drug-likeness (QED) is 0.912. The molecule has 0 saturated heterocycles. The van der Waals surface area contributed by atoms with Crippen molar-refractivity contribution in [2.45, 2.75) is 38.8 Å². The van der Waals surface area contributed by atoms with E-state index in [9.17, 15) is 4.79 Å². The number of hydrogen-bond acceptors (Lipinski definition) is 4. The number of nitrogens with one attached hydrogen (secondary N) is 1. The zero-order valence-corrected chi connectivity index (χ0v) is 15.1. The van der Waals surface area contributed by atoms with Crippen LogP contribution in [0.3, 0.4) is 0 Å². The molecule has 0 aromatic carbocycles. The van der Waals surface area contributed by atoms with Crippen LogP contribution in [0, 0.1) is 0 Å². The highest BCUT2D eigenvalue weighted by atomic mass is 16.2. The molecule has 2 aromatic heterocycles. The van der Waals surface area contributed by atoms with Crippen LogP contribution in [0.4, 0.5) is 0 Å². The summed E-state index contributed by atoms with van der Waals surface area (Å²) in [5.41, 5.74) is 3.17. The molecule has 24 heavy (non-hydrogen) atoms. The van der Waals surface area contributed by atoms with Crippen LogP contribution in [0.15, 0.2) is 12.4 Å². The summed E-state index contributed by atoms with van der Waals surface area (Å²) in [5, 5.41) is 7.29. The number of fused-ring (bicyclic) bond motifs is 1. The molecule has 0 spiro atoms. The van der Waals surface area contributed by atoms with E-state index in [1.165, 1.54) is 5.69 Å². The zero-order chi connectivity index (χ0) is 17.4. The number of carbonyl (C=O) groups excluding carboxylic acids is 1. The van der Waals surface area contributed by atoms with Crippen molar-refractivity contribution in [1.29, 1.82) is 0 Å². The molecule has 1 unspecified atom stereocenters. The van der Waals surface area contributed by atoms with Gasteiger partial charge in [-0.15, -0.1) is 0 Å². The molecule has 0 radical (unpaired) electrons. The Bertz CT molecular complexity index is 744. The molecule has 0 bridgehead atoms. The first kappa shape index (κ1) is 16.7. The van der Waals surface area contributed by atoms with Crippen molar-refractivity contribution in [2.75, 3.05) is 13.6 Å². The SMILES string of the molecule is CNC(C(=O)N1CCc2c(nc(C(C)C)n2C)C1)c1cnn(C)c1. The molecule has 1 aliphatic heterocycles. The minimum Gasteiger partial charge on any atom is -0.335 e. The van der Waals surface area contributed by atoms with Crippen LogP contribution in [-0.2, 0) is 31.9 Å². The fraction of sp³-hybridized carbons (Fsp3) is 0.588. The molecule has 0 fully saturated rings. The monoisotopic (exact) mass is 330 g/mol. The Morgan fingerprint density at radius 3 is 2.67 bits per heavy atom. The van der Waals surface area contributed by atoms with Gasteiger partial charge in [-0.05, 0) is 7.05 Å². The highest BCUT2D eigenvalue weighted by molar-refractivity contribution is 5.83. The molecule has 0 aliphatic carbocycles. The van der Waals surface area contributed by atoms with Gasteiger partial charge in [-0.3, -0.25) is 9.48 Å². The summed E-state index contributed by atoms with van der Waals surface area (Å²) < 4.78 is 3.91. The van der Waals surface area contributed by atoms with E-state index in [2.05, 4.69) is 35.9 Å². The number of imidazole rings is 1. The Morgan fingerprint density at radius 1 is 1.33 bits per heavy atom. The van der Waals surface area contributed by atoms with Gasteiger partial charge in [0.15, 0.2) is 0 Å². The minimum absolute atomic E-state index is 0.0768. The van der Waals surface area contributed by atoms with E-state index in [4.69, 9.17) is 4.98 Å². The zero-order valence-electron chi connectivity index (χ0n) is 15.1. The summed E-state index contributed by atoms with van der Waals surface area (Å²) in [7, 11) is 5.74. The Labute approximate surface area is 142 Å². The molecule has 130 valence electrons. The van der Waals surface area contributed by atoms with Gasteiger partial charge in [0.05, 0.1) is 18.4 Å². The first-order valence-corrected chi connectivity index (χ1v) is 8.41. The first-order valence-electron chi connectivity index (χ1n) is 8.41. The average molecular weight is 330 g/mol. The lowest BCUT2D eigenvalue weighted by atomic mass is 10.1. The van der Waals surface area contributed by atoms with Crippen molar-refractivity contribution < 1.29 is 4.79 Å². The number of amides is 1. The van der Waals surface area contributed by atoms with E-state index >= 15 is 0 Å². The fourth-order valence-electron chi connectivity index (χ4n) is 3.46. The van der Waals surface area contributed by atoms with Crippen molar-refractivity contribution in [3.8, 4) is 0 Å². The summed E-state index contributed by atoms with van der Waals surface area (Å²) in [5.74, 6) is 1.55. The lowest BCUT2D eigenvalue weighted by Gasteiger charge is -2.30. The number of carbonyl (C=O) groups is 1. The topological polar surface area (TPSA) is 68.0 Å². The van der Waals surface area contributed by atoms with Gasteiger partial charge in [0.25, 0.3) is 0 Å². The Balaban J connectivity index is 1.81. The van der Waals surface area contributed by atoms with Crippen molar-refractivity contribution in [3.05, 3.63) is 35.2 Å². The Kier molecular flexibility index (Phi) is 4.45. The molecule has 1 atom stereocenters. The number of likely N-dealkylation sites (N-methyl/N-ethyl adjacent to an activating group) is 1. The lowest BCUT2D eigenvalue weighted by Crippen LogP contribution is -2.42. The third-order valence-corrected chi connectivity index (χ3v) is 4.71. The third kappa shape index (κ3) is 2.84. The maximum absolute atomic E-state index is 13.0. The summed E-state index contributed by atoms with van der Waals surface area (Å²) in [6, 6.07) is -0.367. The Hall–Kier alpha value is -2.15. The first-order chi connectivity index (χ1) is 11.4. The number of rotatable bonds is 4. The second-order valence-electron chi connectivity index (χ2n) is 6.76. The third-order valence-electron chi connectivity index (χ3n) is 4.71. The van der Waals surface area contributed by atoms with Crippen molar-refractivity contribution in [2.24, 2.45) is 14.1 Å². The summed E-state index contributed by atoms with van der Waals surface area (Å²) >= 11 is 0. The van der Waals surface area contributed by atoms with Gasteiger partial charge in [0, 0.05) is 50.4 Å². The maximum Gasteiger partial charge on any atom is 0.244 e. The highest BCUT2D eigenvalue weighted by Crippen LogP contribution is 2.25. The van der Waals surface area contributed by atoms with Crippen molar-refractivity contribution in [3.63, 3.8) is 0 Å². The van der Waals surface area contributed by atoms with Crippen molar-refractivity contribution in [1.82, 2.24) is 29.5 Å². The van der Waals surface area contributed by atoms with Gasteiger partial charge < -0.3 is 14.8 Å². The number of aromatic nitrogens is 4. The van der Waals surface area contributed by atoms with E-state index in [-0.39, 0.29) is 11.9 Å². The van der Waals surface area contributed by atoms with E-state index < -0.39 is 0 Å². The minimum atomic E-state index is -0.367. The molecule has 2 aromatic rings. The standard InChI is InChI=1S/C17H26N6O/c1-11(2)16-20-13-10-23(7-6-14(13)22(16)5)17(24)15(18-3)12-8-19-21(4)9-12/h8-9,11,15,18H,6-7,10H2,1-5H3. The molecule has 3 rings (SSSR count). The summed E-state index contributed by atoms with van der Waals surface area (Å²) in [6.07, 6.45) is 4.47. The Morgan fingerprint density at radius 2 is 2.08 bits per heavy atom. The van der Waals surface area contributed by atoms with Gasteiger partial charge in [-0.25, -0.2) is 4.98 Å². The average Bonchev–Trinajstić information content (AvgIpc) is 3.12. The van der Waals surface area contributed by atoms with Gasteiger partial charge >= 0.3 is 0 Å². The molecule has 3 heterocycles. The predicted molar refractivity (Wildman–Crippen MR) is 91.4 cm³/mol.